The Morgan fingerprint density at radius 3 is 2.63 bits per heavy atom. The lowest BCUT2D eigenvalue weighted by atomic mass is 10.2. The molecule has 0 spiro atoms. The van der Waals surface area contributed by atoms with Gasteiger partial charge in [-0.05, 0) is 30.5 Å². The minimum atomic E-state index is -3.21. The number of carbonyl (C=O) groups is 1. The Morgan fingerprint density at radius 2 is 1.93 bits per heavy atom. The van der Waals surface area contributed by atoms with Crippen LogP contribution in [-0.4, -0.2) is 35.5 Å². The number of halogens is 1. The van der Waals surface area contributed by atoms with Crippen LogP contribution in [0, 0.1) is 5.82 Å². The third kappa shape index (κ3) is 5.98. The van der Waals surface area contributed by atoms with Crippen molar-refractivity contribution in [3.8, 4) is 0 Å². The highest BCUT2D eigenvalue weighted by molar-refractivity contribution is 8.00. The molecule has 0 saturated heterocycles. The summed E-state index contributed by atoms with van der Waals surface area (Å²) in [4.78, 5) is 12.0. The van der Waals surface area contributed by atoms with Crippen LogP contribution < -0.4 is 5.32 Å². The van der Waals surface area contributed by atoms with E-state index in [-0.39, 0.29) is 29.1 Å². The number of rotatable bonds is 8. The maximum absolute atomic E-state index is 12.9. The van der Waals surface area contributed by atoms with Crippen LogP contribution in [-0.2, 0) is 20.4 Å². The van der Waals surface area contributed by atoms with E-state index in [4.69, 9.17) is 0 Å². The molecule has 1 fully saturated rings. The third-order valence-corrected chi connectivity index (χ3v) is 8.66. The number of amides is 1. The maximum Gasteiger partial charge on any atom is 0.227 e. The fourth-order valence-corrected chi connectivity index (χ4v) is 6.45. The molecule has 27 heavy (non-hydrogen) atoms. The summed E-state index contributed by atoms with van der Waals surface area (Å²) >= 11 is 2.66. The van der Waals surface area contributed by atoms with Crippen LogP contribution in [0.4, 0.5) is 9.52 Å². The molecule has 0 atom stereocenters. The molecule has 1 aromatic carbocycles. The van der Waals surface area contributed by atoms with E-state index in [2.05, 4.69) is 15.5 Å². The standard InChI is InChI=1S/C17H20FN3O3S3/c18-13-7-5-12(6-8-13)11-25-17-21-20-16(26-17)19-15(22)9-10-27(23,24)14-3-1-2-4-14/h5-8,14H,1-4,9-11H2,(H,19,20,22). The van der Waals surface area contributed by atoms with Crippen LogP contribution in [0.1, 0.15) is 37.7 Å². The topological polar surface area (TPSA) is 89.0 Å². The molecule has 2 aromatic rings. The average molecular weight is 430 g/mol. The molecule has 0 unspecified atom stereocenters. The van der Waals surface area contributed by atoms with Crippen LogP contribution in [0.3, 0.4) is 0 Å². The zero-order valence-electron chi connectivity index (χ0n) is 14.6. The summed E-state index contributed by atoms with van der Waals surface area (Å²) in [5.41, 5.74) is 0.958. The second kappa shape index (κ2) is 9.11. The molecule has 0 aliphatic heterocycles. The summed E-state index contributed by atoms with van der Waals surface area (Å²) in [6.45, 7) is 0. The van der Waals surface area contributed by atoms with Gasteiger partial charge in [0.2, 0.25) is 11.0 Å². The smallest absolute Gasteiger partial charge is 0.227 e. The molecule has 1 N–H and O–H groups in total. The van der Waals surface area contributed by atoms with Crippen molar-refractivity contribution < 1.29 is 17.6 Å². The van der Waals surface area contributed by atoms with Gasteiger partial charge in [-0.2, -0.15) is 0 Å². The Bertz CT molecular complexity index is 878. The summed E-state index contributed by atoms with van der Waals surface area (Å²) < 4.78 is 38.0. The number of nitrogens with one attached hydrogen (secondary N) is 1. The summed E-state index contributed by atoms with van der Waals surface area (Å²) in [7, 11) is -3.21. The Labute approximate surface area is 165 Å². The Hall–Kier alpha value is -1.52. The van der Waals surface area contributed by atoms with E-state index in [1.165, 1.54) is 35.2 Å². The highest BCUT2D eigenvalue weighted by Crippen LogP contribution is 2.29. The lowest BCUT2D eigenvalue weighted by Gasteiger charge is -2.10. The van der Waals surface area contributed by atoms with Crippen molar-refractivity contribution in [2.45, 2.75) is 47.4 Å². The van der Waals surface area contributed by atoms with Crippen LogP contribution in [0.2, 0.25) is 0 Å². The predicted molar refractivity (Wildman–Crippen MR) is 105 cm³/mol. The molecule has 1 aliphatic carbocycles. The molecular weight excluding hydrogens is 409 g/mol. The van der Waals surface area contributed by atoms with E-state index in [0.717, 1.165) is 18.4 Å². The van der Waals surface area contributed by atoms with Crippen LogP contribution >= 0.6 is 23.1 Å². The second-order valence-corrected chi connectivity index (χ2v) is 11.0. The van der Waals surface area contributed by atoms with E-state index >= 15 is 0 Å². The van der Waals surface area contributed by atoms with Gasteiger partial charge in [-0.1, -0.05) is 48.1 Å². The maximum atomic E-state index is 12.9. The van der Waals surface area contributed by atoms with Gasteiger partial charge in [0.1, 0.15) is 5.82 Å². The first kappa shape index (κ1) is 20.2. The lowest BCUT2D eigenvalue weighted by molar-refractivity contribution is -0.115. The molecule has 0 radical (unpaired) electrons. The van der Waals surface area contributed by atoms with Gasteiger partial charge in [-0.15, -0.1) is 10.2 Å². The van der Waals surface area contributed by atoms with E-state index < -0.39 is 9.84 Å². The van der Waals surface area contributed by atoms with Gasteiger partial charge >= 0.3 is 0 Å². The van der Waals surface area contributed by atoms with Gasteiger partial charge in [-0.3, -0.25) is 4.79 Å². The van der Waals surface area contributed by atoms with Crippen molar-refractivity contribution in [1.29, 1.82) is 0 Å². The zero-order chi connectivity index (χ0) is 19.3. The quantitative estimate of drug-likeness (QED) is 0.509. The van der Waals surface area contributed by atoms with Crippen LogP contribution in [0.5, 0.6) is 0 Å². The van der Waals surface area contributed by atoms with Crippen molar-refractivity contribution in [1.82, 2.24) is 10.2 Å². The molecule has 1 aromatic heterocycles. The molecule has 10 heteroatoms. The van der Waals surface area contributed by atoms with Crippen molar-refractivity contribution in [3.05, 3.63) is 35.6 Å². The first-order valence-corrected chi connectivity index (χ1v) is 12.2. The SMILES string of the molecule is O=C(CCS(=O)(=O)C1CCCC1)Nc1nnc(SCc2ccc(F)cc2)s1. The number of hydrogen-bond donors (Lipinski definition) is 1. The second-order valence-electron chi connectivity index (χ2n) is 6.36. The van der Waals surface area contributed by atoms with E-state index in [1.54, 1.807) is 12.1 Å². The lowest BCUT2D eigenvalue weighted by Crippen LogP contribution is -2.24. The molecule has 1 saturated carbocycles. The average Bonchev–Trinajstić information content (AvgIpc) is 3.32. The monoisotopic (exact) mass is 429 g/mol. The van der Waals surface area contributed by atoms with Gasteiger partial charge in [0, 0.05) is 12.2 Å². The minimum Gasteiger partial charge on any atom is -0.300 e. The largest absolute Gasteiger partial charge is 0.300 e. The van der Waals surface area contributed by atoms with Crippen LogP contribution in [0.15, 0.2) is 28.6 Å². The van der Waals surface area contributed by atoms with Crippen molar-refractivity contribution in [3.63, 3.8) is 0 Å². The number of aromatic nitrogens is 2. The van der Waals surface area contributed by atoms with Crippen molar-refractivity contribution >= 4 is 44.0 Å². The van der Waals surface area contributed by atoms with Crippen LogP contribution in [0.25, 0.3) is 0 Å². The molecule has 6 nitrogen and oxygen atoms in total. The highest BCUT2D eigenvalue weighted by Gasteiger charge is 2.28. The zero-order valence-corrected chi connectivity index (χ0v) is 17.0. The minimum absolute atomic E-state index is 0.0729. The first-order chi connectivity index (χ1) is 12.9. The van der Waals surface area contributed by atoms with Crippen molar-refractivity contribution in [2.75, 3.05) is 11.1 Å². The normalized spacial score (nSPS) is 15.1. The number of sulfone groups is 1. The molecule has 1 heterocycles. The first-order valence-electron chi connectivity index (χ1n) is 8.64. The predicted octanol–water partition coefficient (Wildman–Crippen LogP) is 3.66. The molecule has 0 bridgehead atoms. The number of thioether (sulfide) groups is 1. The summed E-state index contributed by atoms with van der Waals surface area (Å²) in [6.07, 6.45) is 3.22. The number of nitrogens with zero attached hydrogens (tertiary/aromatic N) is 2. The van der Waals surface area contributed by atoms with E-state index in [9.17, 15) is 17.6 Å². The Morgan fingerprint density at radius 1 is 1.22 bits per heavy atom. The van der Waals surface area contributed by atoms with Gasteiger partial charge in [0.25, 0.3) is 0 Å². The molecular formula is C17H20FN3O3S3. The number of hydrogen-bond acceptors (Lipinski definition) is 7. The molecule has 1 amide bonds. The van der Waals surface area contributed by atoms with E-state index in [1.807, 2.05) is 0 Å². The fourth-order valence-electron chi connectivity index (χ4n) is 2.88. The Balaban J connectivity index is 1.45. The fraction of sp³-hybridized carbons (Fsp3) is 0.471. The van der Waals surface area contributed by atoms with Gasteiger partial charge in [0.15, 0.2) is 14.2 Å². The Kier molecular flexibility index (Phi) is 6.83. The molecule has 1 aliphatic rings. The summed E-state index contributed by atoms with van der Waals surface area (Å²) in [5, 5.41) is 10.6. The van der Waals surface area contributed by atoms with Crippen molar-refractivity contribution in [2.24, 2.45) is 0 Å². The summed E-state index contributed by atoms with van der Waals surface area (Å²) in [6, 6.07) is 6.22. The van der Waals surface area contributed by atoms with Gasteiger partial charge < -0.3 is 5.32 Å². The number of carbonyl (C=O) groups excluding carboxylic acids is 1. The summed E-state index contributed by atoms with van der Waals surface area (Å²) in [5.74, 6) is -0.167. The molecule has 146 valence electrons. The number of anilines is 1. The third-order valence-electron chi connectivity index (χ3n) is 4.35. The van der Waals surface area contributed by atoms with E-state index in [0.29, 0.717) is 28.1 Å². The van der Waals surface area contributed by atoms with Gasteiger partial charge in [0.05, 0.1) is 11.0 Å². The molecule has 3 rings (SSSR count). The highest BCUT2D eigenvalue weighted by atomic mass is 32.2. The number of benzene rings is 1. The van der Waals surface area contributed by atoms with Gasteiger partial charge in [-0.25, -0.2) is 12.8 Å².